The first-order valence-corrected chi connectivity index (χ1v) is 5.94. The summed E-state index contributed by atoms with van der Waals surface area (Å²) in [5.74, 6) is 0.194. The van der Waals surface area contributed by atoms with Crippen molar-refractivity contribution in [3.8, 4) is 0 Å². The zero-order valence-corrected chi connectivity index (χ0v) is 10.2. The molecule has 0 aromatic heterocycles. The summed E-state index contributed by atoms with van der Waals surface area (Å²) in [6, 6.07) is 0. The van der Waals surface area contributed by atoms with Crippen LogP contribution in [-0.4, -0.2) is 24.3 Å². The zero-order chi connectivity index (χ0) is 11.9. The fourth-order valence-electron chi connectivity index (χ4n) is 3.27. The molecule has 16 heavy (non-hydrogen) atoms. The molecule has 2 aliphatic rings. The molecule has 3 nitrogen and oxygen atoms in total. The number of methoxy groups -OCH3 is 1. The molecule has 0 unspecified atom stereocenters. The van der Waals surface area contributed by atoms with Crippen molar-refractivity contribution in [2.45, 2.75) is 39.2 Å². The van der Waals surface area contributed by atoms with Crippen LogP contribution < -0.4 is 0 Å². The maximum Gasteiger partial charge on any atom is 0.333 e. The number of carbonyl (C=O) groups is 1. The van der Waals surface area contributed by atoms with Gasteiger partial charge in [-0.3, -0.25) is 0 Å². The molecule has 2 rings (SSSR count). The lowest BCUT2D eigenvalue weighted by Gasteiger charge is -2.28. The number of aliphatic hydroxyl groups is 1. The molecule has 0 aromatic carbocycles. The first kappa shape index (κ1) is 11.6. The Kier molecular flexibility index (Phi) is 2.82. The standard InChI is InChI=1S/C13H20O3/c1-13(2)7-10-8(11(13)14)5-4-6-9(10)12(15)16-3/h6,8,10-11,14H,4-5,7H2,1-3H3/t8-,10-,11-/m0/s1. The van der Waals surface area contributed by atoms with Crippen molar-refractivity contribution >= 4 is 5.97 Å². The Balaban J connectivity index is 2.27. The number of fused-ring (bicyclic) bond motifs is 1. The van der Waals surface area contributed by atoms with E-state index in [0.717, 1.165) is 24.8 Å². The van der Waals surface area contributed by atoms with Crippen LogP contribution in [0.5, 0.6) is 0 Å². The van der Waals surface area contributed by atoms with E-state index in [1.165, 1.54) is 7.11 Å². The van der Waals surface area contributed by atoms with Crippen molar-refractivity contribution in [2.24, 2.45) is 17.3 Å². The first-order chi connectivity index (χ1) is 7.47. The van der Waals surface area contributed by atoms with Crippen LogP contribution in [0.1, 0.15) is 33.1 Å². The number of rotatable bonds is 1. The number of esters is 1. The van der Waals surface area contributed by atoms with E-state index >= 15 is 0 Å². The lowest BCUT2D eigenvalue weighted by molar-refractivity contribution is -0.137. The second-order valence-electron chi connectivity index (χ2n) is 5.64. The Labute approximate surface area is 96.5 Å². The van der Waals surface area contributed by atoms with Crippen molar-refractivity contribution < 1.29 is 14.6 Å². The van der Waals surface area contributed by atoms with E-state index in [9.17, 15) is 9.90 Å². The van der Waals surface area contributed by atoms with Crippen molar-refractivity contribution in [3.05, 3.63) is 11.6 Å². The summed E-state index contributed by atoms with van der Waals surface area (Å²) in [6.07, 6.45) is 4.42. The molecule has 0 spiro atoms. The van der Waals surface area contributed by atoms with Gasteiger partial charge in [-0.15, -0.1) is 0 Å². The number of hydrogen-bond acceptors (Lipinski definition) is 3. The maximum atomic E-state index is 11.7. The van der Waals surface area contributed by atoms with E-state index in [2.05, 4.69) is 13.8 Å². The minimum atomic E-state index is -0.300. The van der Waals surface area contributed by atoms with E-state index in [-0.39, 0.29) is 29.3 Å². The molecule has 0 aromatic rings. The third-order valence-electron chi connectivity index (χ3n) is 4.15. The second kappa shape index (κ2) is 3.88. The molecule has 2 aliphatic carbocycles. The average Bonchev–Trinajstić information content (AvgIpc) is 2.49. The number of allylic oxidation sites excluding steroid dienone is 1. The minimum absolute atomic E-state index is 0.0905. The van der Waals surface area contributed by atoms with Gasteiger partial charge in [-0.1, -0.05) is 19.9 Å². The Morgan fingerprint density at radius 2 is 2.25 bits per heavy atom. The molecular weight excluding hydrogens is 204 g/mol. The molecule has 0 heterocycles. The van der Waals surface area contributed by atoms with Gasteiger partial charge in [-0.05, 0) is 36.5 Å². The summed E-state index contributed by atoms with van der Waals surface area (Å²) in [6.45, 7) is 4.15. The molecule has 3 atom stereocenters. The molecule has 3 heteroatoms. The molecule has 1 saturated carbocycles. The number of carbonyl (C=O) groups excluding carboxylic acids is 1. The molecule has 0 amide bonds. The molecule has 0 aliphatic heterocycles. The summed E-state index contributed by atoms with van der Waals surface area (Å²) in [5, 5.41) is 10.2. The third kappa shape index (κ3) is 1.67. The summed E-state index contributed by atoms with van der Waals surface area (Å²) in [7, 11) is 1.42. The highest BCUT2D eigenvalue weighted by atomic mass is 16.5. The lowest BCUT2D eigenvalue weighted by Crippen LogP contribution is -2.30. The van der Waals surface area contributed by atoms with Gasteiger partial charge < -0.3 is 9.84 Å². The van der Waals surface area contributed by atoms with Gasteiger partial charge >= 0.3 is 5.97 Å². The van der Waals surface area contributed by atoms with Gasteiger partial charge in [0, 0.05) is 5.57 Å². The summed E-state index contributed by atoms with van der Waals surface area (Å²) < 4.78 is 4.81. The molecule has 0 saturated heterocycles. The Morgan fingerprint density at radius 1 is 1.56 bits per heavy atom. The summed E-state index contributed by atoms with van der Waals surface area (Å²) >= 11 is 0. The SMILES string of the molecule is COC(=O)C1=CCC[C@H]2[C@@H]1CC(C)(C)[C@H]2O. The lowest BCUT2D eigenvalue weighted by atomic mass is 9.80. The van der Waals surface area contributed by atoms with Crippen LogP contribution in [0.15, 0.2) is 11.6 Å². The fraction of sp³-hybridized carbons (Fsp3) is 0.769. The van der Waals surface area contributed by atoms with Crippen LogP contribution >= 0.6 is 0 Å². The summed E-state index contributed by atoms with van der Waals surface area (Å²) in [5.41, 5.74) is 0.690. The highest BCUT2D eigenvalue weighted by Gasteiger charge is 2.50. The highest BCUT2D eigenvalue weighted by Crippen LogP contribution is 2.51. The smallest absolute Gasteiger partial charge is 0.333 e. The van der Waals surface area contributed by atoms with E-state index in [1.54, 1.807) is 0 Å². The van der Waals surface area contributed by atoms with Crippen LogP contribution in [-0.2, 0) is 9.53 Å². The number of aliphatic hydroxyl groups excluding tert-OH is 1. The van der Waals surface area contributed by atoms with Crippen LogP contribution in [0.3, 0.4) is 0 Å². The fourth-order valence-corrected chi connectivity index (χ4v) is 3.27. The molecule has 0 bridgehead atoms. The van der Waals surface area contributed by atoms with Crippen LogP contribution in [0, 0.1) is 17.3 Å². The van der Waals surface area contributed by atoms with Gasteiger partial charge in [0.25, 0.3) is 0 Å². The van der Waals surface area contributed by atoms with Gasteiger partial charge in [0.1, 0.15) is 0 Å². The molecule has 1 N–H and O–H groups in total. The van der Waals surface area contributed by atoms with Gasteiger partial charge in [-0.2, -0.15) is 0 Å². The Morgan fingerprint density at radius 3 is 2.88 bits per heavy atom. The van der Waals surface area contributed by atoms with Crippen molar-refractivity contribution in [1.29, 1.82) is 0 Å². The minimum Gasteiger partial charge on any atom is -0.466 e. The van der Waals surface area contributed by atoms with Gasteiger partial charge in [0.05, 0.1) is 13.2 Å². The average molecular weight is 224 g/mol. The molecule has 1 fully saturated rings. The second-order valence-corrected chi connectivity index (χ2v) is 5.64. The molecular formula is C13H20O3. The molecule has 90 valence electrons. The van der Waals surface area contributed by atoms with Crippen molar-refractivity contribution in [2.75, 3.05) is 7.11 Å². The van der Waals surface area contributed by atoms with E-state index in [0.29, 0.717) is 0 Å². The largest absolute Gasteiger partial charge is 0.466 e. The van der Waals surface area contributed by atoms with Crippen LogP contribution in [0.4, 0.5) is 0 Å². The predicted octanol–water partition coefficient (Wildman–Crippen LogP) is 1.90. The normalized spacial score (nSPS) is 36.5. The quantitative estimate of drug-likeness (QED) is 0.692. The predicted molar refractivity (Wildman–Crippen MR) is 60.7 cm³/mol. The van der Waals surface area contributed by atoms with Crippen LogP contribution in [0.25, 0.3) is 0 Å². The summed E-state index contributed by atoms with van der Waals surface area (Å²) in [4.78, 5) is 11.7. The Bertz CT molecular complexity index is 330. The van der Waals surface area contributed by atoms with E-state index in [4.69, 9.17) is 4.74 Å². The number of hydrogen-bond donors (Lipinski definition) is 1. The van der Waals surface area contributed by atoms with Crippen LogP contribution in [0.2, 0.25) is 0 Å². The molecule has 0 radical (unpaired) electrons. The number of ether oxygens (including phenoxy) is 1. The maximum absolute atomic E-state index is 11.7. The third-order valence-corrected chi connectivity index (χ3v) is 4.15. The van der Waals surface area contributed by atoms with E-state index in [1.807, 2.05) is 6.08 Å². The van der Waals surface area contributed by atoms with Gasteiger partial charge in [0.2, 0.25) is 0 Å². The highest BCUT2D eigenvalue weighted by molar-refractivity contribution is 5.89. The Hall–Kier alpha value is -0.830. The van der Waals surface area contributed by atoms with Crippen molar-refractivity contribution in [1.82, 2.24) is 0 Å². The first-order valence-electron chi connectivity index (χ1n) is 5.94. The van der Waals surface area contributed by atoms with Gasteiger partial charge in [0.15, 0.2) is 0 Å². The van der Waals surface area contributed by atoms with Crippen molar-refractivity contribution in [3.63, 3.8) is 0 Å². The van der Waals surface area contributed by atoms with E-state index < -0.39 is 0 Å². The zero-order valence-electron chi connectivity index (χ0n) is 10.2. The van der Waals surface area contributed by atoms with Gasteiger partial charge in [-0.25, -0.2) is 4.79 Å². The monoisotopic (exact) mass is 224 g/mol. The topological polar surface area (TPSA) is 46.5 Å².